The maximum absolute atomic E-state index is 13.1. The smallest absolute Gasteiger partial charge is 0.349 e. The van der Waals surface area contributed by atoms with Gasteiger partial charge in [-0.05, 0) is 35.7 Å². The Morgan fingerprint density at radius 2 is 1.53 bits per heavy atom. The van der Waals surface area contributed by atoms with Crippen molar-refractivity contribution >= 4 is 22.8 Å². The van der Waals surface area contributed by atoms with Gasteiger partial charge >= 0.3 is 5.63 Å². The second-order valence-corrected chi connectivity index (χ2v) is 7.69. The molecule has 0 aliphatic carbocycles. The Hall–Kier alpha value is -4.39. The maximum Gasteiger partial charge on any atom is 0.349 e. The Morgan fingerprint density at radius 3 is 2.15 bits per heavy atom. The van der Waals surface area contributed by atoms with Crippen molar-refractivity contribution in [3.8, 4) is 5.75 Å². The van der Waals surface area contributed by atoms with Crippen molar-refractivity contribution in [3.63, 3.8) is 0 Å². The zero-order chi connectivity index (χ0) is 23.9. The lowest BCUT2D eigenvalue weighted by Gasteiger charge is -2.18. The van der Waals surface area contributed by atoms with E-state index < -0.39 is 23.4 Å². The number of amides is 2. The molecule has 7 heteroatoms. The van der Waals surface area contributed by atoms with Crippen LogP contribution < -0.4 is 21.2 Å². The Morgan fingerprint density at radius 1 is 0.882 bits per heavy atom. The average Bonchev–Trinajstić information content (AvgIpc) is 2.87. The Bertz CT molecular complexity index is 1310. The van der Waals surface area contributed by atoms with Crippen molar-refractivity contribution in [2.75, 3.05) is 6.61 Å². The molecule has 2 amide bonds. The number of hydrogen-bond acceptors (Lipinski definition) is 5. The van der Waals surface area contributed by atoms with Crippen LogP contribution in [0.4, 0.5) is 0 Å². The highest BCUT2D eigenvalue weighted by molar-refractivity contribution is 5.98. The van der Waals surface area contributed by atoms with Gasteiger partial charge in [-0.25, -0.2) is 4.79 Å². The lowest BCUT2D eigenvalue weighted by molar-refractivity contribution is -0.122. The predicted octanol–water partition coefficient (Wildman–Crippen LogP) is 4.17. The van der Waals surface area contributed by atoms with Gasteiger partial charge in [0.1, 0.15) is 16.9 Å². The normalized spacial score (nSPS) is 10.8. The highest BCUT2D eigenvalue weighted by atomic mass is 16.5. The van der Waals surface area contributed by atoms with Gasteiger partial charge in [0.25, 0.3) is 5.91 Å². The first-order chi connectivity index (χ1) is 16.6. The molecule has 0 atom stereocenters. The van der Waals surface area contributed by atoms with Gasteiger partial charge in [-0.1, -0.05) is 67.6 Å². The summed E-state index contributed by atoms with van der Waals surface area (Å²) in [4.78, 5) is 38.2. The van der Waals surface area contributed by atoms with E-state index in [1.165, 1.54) is 6.07 Å². The number of carbonyl (C=O) groups is 2. The molecule has 4 aromatic rings. The standard InChI is InChI=1S/C27H24N2O5/c1-2-15-33-21-14-13-20-16-22(27(32)34-23(20)17-21)25(30)28-29-26(31)24(18-9-5-3-6-10-18)19-11-7-4-8-12-19/h3-14,16-17,24H,2,15H2,1H3,(H,28,30)(H,29,31). The molecule has 0 saturated carbocycles. The summed E-state index contributed by atoms with van der Waals surface area (Å²) in [6.07, 6.45) is 0.849. The maximum atomic E-state index is 13.1. The molecule has 0 saturated heterocycles. The van der Waals surface area contributed by atoms with Crippen LogP contribution in [0.1, 0.15) is 40.7 Å². The van der Waals surface area contributed by atoms with Crippen LogP contribution in [0.25, 0.3) is 11.0 Å². The average molecular weight is 456 g/mol. The monoisotopic (exact) mass is 456 g/mol. The van der Waals surface area contributed by atoms with Crippen LogP contribution >= 0.6 is 0 Å². The van der Waals surface area contributed by atoms with Crippen LogP contribution in [0.15, 0.2) is 94.1 Å². The number of nitrogens with one attached hydrogen (secondary N) is 2. The first kappa shape index (κ1) is 22.8. The summed E-state index contributed by atoms with van der Waals surface area (Å²) in [5, 5.41) is 0.561. The number of carbonyl (C=O) groups excluding carboxylic acids is 2. The van der Waals surface area contributed by atoms with Crippen LogP contribution in [0.2, 0.25) is 0 Å². The molecule has 1 aromatic heterocycles. The quantitative estimate of drug-likeness (QED) is 0.321. The highest BCUT2D eigenvalue weighted by Gasteiger charge is 2.23. The molecule has 4 rings (SSSR count). The van der Waals surface area contributed by atoms with Crippen LogP contribution in [0, 0.1) is 0 Å². The zero-order valence-electron chi connectivity index (χ0n) is 18.6. The molecule has 7 nitrogen and oxygen atoms in total. The van der Waals surface area contributed by atoms with Gasteiger partial charge in [0.15, 0.2) is 0 Å². The van der Waals surface area contributed by atoms with Crippen molar-refractivity contribution < 1.29 is 18.7 Å². The van der Waals surface area contributed by atoms with E-state index in [2.05, 4.69) is 10.9 Å². The summed E-state index contributed by atoms with van der Waals surface area (Å²) >= 11 is 0. The van der Waals surface area contributed by atoms with Crippen LogP contribution in [0.3, 0.4) is 0 Å². The summed E-state index contributed by atoms with van der Waals surface area (Å²) in [7, 11) is 0. The molecule has 0 aliphatic rings. The summed E-state index contributed by atoms with van der Waals surface area (Å²) in [6.45, 7) is 2.54. The van der Waals surface area contributed by atoms with E-state index in [9.17, 15) is 14.4 Å². The van der Waals surface area contributed by atoms with E-state index in [0.717, 1.165) is 17.5 Å². The number of hydrogen-bond donors (Lipinski definition) is 2. The lowest BCUT2D eigenvalue weighted by Crippen LogP contribution is -2.45. The van der Waals surface area contributed by atoms with Gasteiger partial charge < -0.3 is 9.15 Å². The number of fused-ring (bicyclic) bond motifs is 1. The molecule has 3 aromatic carbocycles. The molecule has 34 heavy (non-hydrogen) atoms. The minimum atomic E-state index is -0.811. The molecule has 172 valence electrons. The lowest BCUT2D eigenvalue weighted by atomic mass is 9.91. The van der Waals surface area contributed by atoms with Crippen LogP contribution in [-0.4, -0.2) is 18.4 Å². The topological polar surface area (TPSA) is 97.6 Å². The van der Waals surface area contributed by atoms with Crippen molar-refractivity contribution in [1.29, 1.82) is 0 Å². The van der Waals surface area contributed by atoms with E-state index in [1.807, 2.05) is 67.6 Å². The second-order valence-electron chi connectivity index (χ2n) is 7.69. The Kier molecular flexibility index (Phi) is 7.03. The number of hydrazine groups is 1. The predicted molar refractivity (Wildman–Crippen MR) is 129 cm³/mol. The molecule has 0 aliphatic heterocycles. The third-order valence-corrected chi connectivity index (χ3v) is 5.25. The van der Waals surface area contributed by atoms with Gasteiger partial charge in [-0.3, -0.25) is 20.4 Å². The van der Waals surface area contributed by atoms with Crippen LogP contribution in [-0.2, 0) is 4.79 Å². The molecule has 1 heterocycles. The molecule has 0 fully saturated rings. The van der Waals surface area contributed by atoms with Gasteiger partial charge in [-0.15, -0.1) is 0 Å². The third-order valence-electron chi connectivity index (χ3n) is 5.25. The fourth-order valence-corrected chi connectivity index (χ4v) is 3.60. The summed E-state index contributed by atoms with van der Waals surface area (Å²) in [5.74, 6) is -1.27. The first-order valence-corrected chi connectivity index (χ1v) is 11.0. The number of rotatable bonds is 7. The highest BCUT2D eigenvalue weighted by Crippen LogP contribution is 2.24. The SMILES string of the molecule is CCCOc1ccc2cc(C(=O)NNC(=O)C(c3ccccc3)c3ccccc3)c(=O)oc2c1. The molecule has 0 bridgehead atoms. The largest absolute Gasteiger partial charge is 0.493 e. The van der Waals surface area contributed by atoms with Gasteiger partial charge in [0.05, 0.1) is 12.5 Å². The van der Waals surface area contributed by atoms with E-state index in [4.69, 9.17) is 9.15 Å². The molecular formula is C27H24N2O5. The van der Waals surface area contributed by atoms with Crippen molar-refractivity contribution in [3.05, 3.63) is 112 Å². The minimum absolute atomic E-state index is 0.217. The van der Waals surface area contributed by atoms with E-state index in [-0.39, 0.29) is 5.56 Å². The molecule has 2 N–H and O–H groups in total. The third kappa shape index (κ3) is 5.15. The number of ether oxygens (including phenoxy) is 1. The molecule has 0 unspecified atom stereocenters. The van der Waals surface area contributed by atoms with Crippen LogP contribution in [0.5, 0.6) is 5.75 Å². The van der Waals surface area contributed by atoms with Crippen molar-refractivity contribution in [2.24, 2.45) is 0 Å². The van der Waals surface area contributed by atoms with E-state index in [0.29, 0.717) is 23.3 Å². The van der Waals surface area contributed by atoms with E-state index in [1.54, 1.807) is 18.2 Å². The number of benzene rings is 3. The summed E-state index contributed by atoms with van der Waals surface area (Å²) < 4.78 is 10.9. The van der Waals surface area contributed by atoms with Gasteiger partial charge in [-0.2, -0.15) is 0 Å². The van der Waals surface area contributed by atoms with E-state index >= 15 is 0 Å². The molecule has 0 radical (unpaired) electrons. The van der Waals surface area contributed by atoms with Gasteiger partial charge in [0, 0.05) is 11.5 Å². The fourth-order valence-electron chi connectivity index (χ4n) is 3.60. The van der Waals surface area contributed by atoms with Crippen molar-refractivity contribution in [1.82, 2.24) is 10.9 Å². The minimum Gasteiger partial charge on any atom is -0.493 e. The Balaban J connectivity index is 1.52. The molecular weight excluding hydrogens is 432 g/mol. The second kappa shape index (κ2) is 10.5. The van der Waals surface area contributed by atoms with Crippen molar-refractivity contribution in [2.45, 2.75) is 19.3 Å². The summed E-state index contributed by atoms with van der Waals surface area (Å²) in [6, 6.07) is 25.0. The zero-order valence-corrected chi connectivity index (χ0v) is 18.6. The first-order valence-electron chi connectivity index (χ1n) is 11.0. The summed E-state index contributed by atoms with van der Waals surface area (Å²) in [5.41, 5.74) is 5.61. The fraction of sp³-hybridized carbons (Fsp3) is 0.148. The van der Waals surface area contributed by atoms with Gasteiger partial charge in [0.2, 0.25) is 5.91 Å². The Labute approximate surface area is 196 Å². The molecule has 0 spiro atoms.